The molecule has 6 heteroatoms. The number of aliphatic carboxylic acids is 1. The van der Waals surface area contributed by atoms with Crippen molar-refractivity contribution in [3.63, 3.8) is 0 Å². The fourth-order valence-electron chi connectivity index (χ4n) is 3.22. The molecule has 2 unspecified atom stereocenters. The number of ether oxygens (including phenoxy) is 1. The van der Waals surface area contributed by atoms with E-state index in [0.717, 1.165) is 31.4 Å². The Kier molecular flexibility index (Phi) is 4.76. The Morgan fingerprint density at radius 3 is 2.62 bits per heavy atom. The Hall–Kier alpha value is -0.910. The zero-order valence-electron chi connectivity index (χ0n) is 13.1. The Balaban J connectivity index is 2.02. The van der Waals surface area contributed by atoms with Crippen molar-refractivity contribution in [3.8, 4) is 0 Å². The van der Waals surface area contributed by atoms with Crippen molar-refractivity contribution in [3.05, 3.63) is 0 Å². The van der Waals surface area contributed by atoms with Crippen LogP contribution in [0.1, 0.15) is 46.5 Å². The van der Waals surface area contributed by atoms with E-state index in [4.69, 9.17) is 4.74 Å². The van der Waals surface area contributed by atoms with Gasteiger partial charge >= 0.3 is 12.1 Å². The molecule has 2 aliphatic heterocycles. The second kappa shape index (κ2) is 6.07. The van der Waals surface area contributed by atoms with Gasteiger partial charge in [-0.25, -0.2) is 4.79 Å². The van der Waals surface area contributed by atoms with Crippen LogP contribution >= 0.6 is 11.8 Å². The molecule has 0 bridgehead atoms. The van der Waals surface area contributed by atoms with Crippen LogP contribution < -0.4 is 0 Å². The minimum absolute atomic E-state index is 0.192. The number of nitrogens with zero attached hydrogens (tertiary/aromatic N) is 1. The fourth-order valence-corrected chi connectivity index (χ4v) is 4.93. The van der Waals surface area contributed by atoms with Crippen molar-refractivity contribution < 1.29 is 19.4 Å². The molecule has 2 saturated heterocycles. The van der Waals surface area contributed by atoms with Crippen LogP contribution in [0.25, 0.3) is 0 Å². The number of amides is 1. The number of carboxylic acid groups (broad SMARTS) is 1. The van der Waals surface area contributed by atoms with E-state index in [9.17, 15) is 14.7 Å². The van der Waals surface area contributed by atoms with Gasteiger partial charge < -0.3 is 14.7 Å². The molecule has 0 aliphatic carbocycles. The van der Waals surface area contributed by atoms with Gasteiger partial charge in [0.1, 0.15) is 5.60 Å². The molecule has 0 radical (unpaired) electrons. The van der Waals surface area contributed by atoms with Crippen LogP contribution in [-0.4, -0.2) is 51.3 Å². The molecular formula is C15H25NO4S. The Morgan fingerprint density at radius 1 is 1.29 bits per heavy atom. The minimum Gasteiger partial charge on any atom is -0.481 e. The fraction of sp³-hybridized carbons (Fsp3) is 0.867. The highest BCUT2D eigenvalue weighted by atomic mass is 32.2. The summed E-state index contributed by atoms with van der Waals surface area (Å²) >= 11 is 1.78. The SMILES string of the molecule is CC(C)(C)OC(=O)N1CCCC2(CC1)SCCC2C(=O)O. The molecule has 0 aromatic heterocycles. The van der Waals surface area contributed by atoms with Crippen LogP contribution in [-0.2, 0) is 9.53 Å². The number of carboxylic acids is 1. The number of rotatable bonds is 1. The number of likely N-dealkylation sites (tertiary alicyclic amines) is 1. The van der Waals surface area contributed by atoms with Gasteiger partial charge in [0.25, 0.3) is 0 Å². The van der Waals surface area contributed by atoms with E-state index in [2.05, 4.69) is 0 Å². The summed E-state index contributed by atoms with van der Waals surface area (Å²) in [6, 6.07) is 0. The first kappa shape index (κ1) is 16.5. The molecule has 2 aliphatic rings. The van der Waals surface area contributed by atoms with Gasteiger partial charge in [0.05, 0.1) is 5.92 Å². The van der Waals surface area contributed by atoms with E-state index in [1.807, 2.05) is 20.8 Å². The van der Waals surface area contributed by atoms with E-state index in [-0.39, 0.29) is 16.8 Å². The predicted octanol–water partition coefficient (Wildman–Crippen LogP) is 2.98. The number of carbonyl (C=O) groups excluding carboxylic acids is 1. The summed E-state index contributed by atoms with van der Waals surface area (Å²) in [5.74, 6) is -0.0598. The van der Waals surface area contributed by atoms with E-state index in [1.165, 1.54) is 0 Å². The van der Waals surface area contributed by atoms with Gasteiger partial charge in [-0.1, -0.05) is 0 Å². The Bertz CT molecular complexity index is 420. The summed E-state index contributed by atoms with van der Waals surface area (Å²) in [6.07, 6.45) is 2.92. The molecule has 0 aromatic carbocycles. The molecule has 2 fully saturated rings. The van der Waals surface area contributed by atoms with Crippen molar-refractivity contribution in [2.24, 2.45) is 5.92 Å². The van der Waals surface area contributed by atoms with Gasteiger partial charge in [-0.05, 0) is 52.2 Å². The normalized spacial score (nSPS) is 30.2. The number of hydrogen-bond acceptors (Lipinski definition) is 4. The van der Waals surface area contributed by atoms with Crippen molar-refractivity contribution in [1.82, 2.24) is 4.90 Å². The monoisotopic (exact) mass is 315 g/mol. The average Bonchev–Trinajstić information content (AvgIpc) is 2.62. The van der Waals surface area contributed by atoms with Gasteiger partial charge in [0.2, 0.25) is 0 Å². The number of thioether (sulfide) groups is 1. The van der Waals surface area contributed by atoms with Crippen molar-refractivity contribution in [1.29, 1.82) is 0 Å². The summed E-state index contributed by atoms with van der Waals surface area (Å²) in [5.41, 5.74) is -0.493. The van der Waals surface area contributed by atoms with Gasteiger partial charge in [-0.15, -0.1) is 0 Å². The predicted molar refractivity (Wildman–Crippen MR) is 82.6 cm³/mol. The third kappa shape index (κ3) is 3.84. The van der Waals surface area contributed by atoms with Crippen LogP contribution in [0.15, 0.2) is 0 Å². The topological polar surface area (TPSA) is 66.8 Å². The lowest BCUT2D eigenvalue weighted by molar-refractivity contribution is -0.142. The zero-order valence-corrected chi connectivity index (χ0v) is 13.9. The van der Waals surface area contributed by atoms with E-state index in [1.54, 1.807) is 16.7 Å². The van der Waals surface area contributed by atoms with Crippen LogP contribution in [0, 0.1) is 5.92 Å². The summed E-state index contributed by atoms with van der Waals surface area (Å²) in [4.78, 5) is 25.4. The average molecular weight is 315 g/mol. The van der Waals surface area contributed by atoms with Crippen molar-refractivity contribution in [2.45, 2.75) is 56.8 Å². The van der Waals surface area contributed by atoms with Crippen LogP contribution in [0.3, 0.4) is 0 Å². The Morgan fingerprint density at radius 2 is 2.00 bits per heavy atom. The minimum atomic E-state index is -0.689. The highest BCUT2D eigenvalue weighted by Crippen LogP contribution is 2.49. The molecule has 5 nitrogen and oxygen atoms in total. The van der Waals surface area contributed by atoms with Gasteiger partial charge in [0, 0.05) is 17.8 Å². The first-order valence-electron chi connectivity index (χ1n) is 7.58. The maximum Gasteiger partial charge on any atom is 0.410 e. The molecule has 2 rings (SSSR count). The molecule has 1 spiro atoms. The summed E-state index contributed by atoms with van der Waals surface area (Å²) in [6.45, 7) is 6.82. The van der Waals surface area contributed by atoms with Crippen molar-refractivity contribution in [2.75, 3.05) is 18.8 Å². The van der Waals surface area contributed by atoms with Crippen LogP contribution in [0.5, 0.6) is 0 Å². The maximum atomic E-state index is 12.2. The van der Waals surface area contributed by atoms with E-state index < -0.39 is 11.6 Å². The molecule has 21 heavy (non-hydrogen) atoms. The van der Waals surface area contributed by atoms with Gasteiger partial charge in [-0.2, -0.15) is 11.8 Å². The second-order valence-electron chi connectivity index (χ2n) is 6.91. The summed E-state index contributed by atoms with van der Waals surface area (Å²) < 4.78 is 5.23. The third-order valence-corrected chi connectivity index (χ3v) is 5.92. The summed E-state index contributed by atoms with van der Waals surface area (Å²) in [5, 5.41) is 9.43. The molecular weight excluding hydrogens is 290 g/mol. The lowest BCUT2D eigenvalue weighted by atomic mass is 9.84. The third-order valence-electron chi connectivity index (χ3n) is 4.21. The molecule has 0 saturated carbocycles. The van der Waals surface area contributed by atoms with Crippen molar-refractivity contribution >= 4 is 23.8 Å². The van der Waals surface area contributed by atoms with Crippen LogP contribution in [0.2, 0.25) is 0 Å². The Labute approximate surface area is 130 Å². The number of hydrogen-bond donors (Lipinski definition) is 1. The highest BCUT2D eigenvalue weighted by Gasteiger charge is 2.48. The second-order valence-corrected chi connectivity index (χ2v) is 8.42. The lowest BCUT2D eigenvalue weighted by Gasteiger charge is -2.31. The van der Waals surface area contributed by atoms with Crippen LogP contribution in [0.4, 0.5) is 4.79 Å². The smallest absolute Gasteiger partial charge is 0.410 e. The molecule has 1 amide bonds. The maximum absolute atomic E-state index is 12.2. The summed E-state index contributed by atoms with van der Waals surface area (Å²) in [7, 11) is 0. The molecule has 2 heterocycles. The molecule has 120 valence electrons. The van der Waals surface area contributed by atoms with Gasteiger partial charge in [-0.3, -0.25) is 4.79 Å². The quantitative estimate of drug-likeness (QED) is 0.806. The molecule has 2 atom stereocenters. The van der Waals surface area contributed by atoms with E-state index in [0.29, 0.717) is 13.1 Å². The lowest BCUT2D eigenvalue weighted by Crippen LogP contribution is -2.39. The van der Waals surface area contributed by atoms with E-state index >= 15 is 0 Å². The highest BCUT2D eigenvalue weighted by molar-refractivity contribution is 8.01. The number of carbonyl (C=O) groups is 2. The first-order chi connectivity index (χ1) is 9.73. The molecule has 1 N–H and O–H groups in total. The zero-order chi connectivity index (χ0) is 15.7. The standard InChI is InChI=1S/C15H25NO4S/c1-14(2,3)20-13(19)16-8-4-6-15(7-9-16)11(12(17)18)5-10-21-15/h11H,4-10H2,1-3H3,(H,17,18). The molecule has 0 aromatic rings. The van der Waals surface area contributed by atoms with Gasteiger partial charge in [0.15, 0.2) is 0 Å². The first-order valence-corrected chi connectivity index (χ1v) is 8.57. The largest absolute Gasteiger partial charge is 0.481 e.